The van der Waals surface area contributed by atoms with Crippen LogP contribution in [0.4, 0.5) is 0 Å². The van der Waals surface area contributed by atoms with Crippen LogP contribution in [0.3, 0.4) is 0 Å². The fraction of sp³-hybridized carbons (Fsp3) is 0.133. The van der Waals surface area contributed by atoms with E-state index in [2.05, 4.69) is 21.2 Å². The number of nitrogens with zero attached hydrogens (tertiary/aromatic N) is 1. The first-order chi connectivity index (χ1) is 17.5. The Hall–Kier alpha value is -3.74. The van der Waals surface area contributed by atoms with Crippen molar-refractivity contribution in [1.82, 2.24) is 10.4 Å². The molecule has 0 spiro atoms. The largest absolute Gasteiger partial charge is 0.365 e. The number of halogens is 1. The van der Waals surface area contributed by atoms with Crippen LogP contribution in [0, 0.1) is 0 Å². The van der Waals surface area contributed by atoms with Crippen molar-refractivity contribution < 1.29 is 14.4 Å². The summed E-state index contributed by atoms with van der Waals surface area (Å²) in [6.07, 6.45) is 0.275. The van der Waals surface area contributed by atoms with E-state index in [4.69, 9.17) is 4.84 Å². The van der Waals surface area contributed by atoms with Crippen molar-refractivity contribution in [2.75, 3.05) is 0 Å². The van der Waals surface area contributed by atoms with Gasteiger partial charge in [-0.15, -0.1) is 5.06 Å². The first-order valence-corrected chi connectivity index (χ1v) is 12.5. The minimum absolute atomic E-state index is 0.275. The maximum Gasteiger partial charge on any atom is 0.353 e. The molecule has 5 nitrogen and oxygen atoms in total. The Morgan fingerprint density at radius 3 is 1.97 bits per heavy atom. The molecule has 5 rings (SSSR count). The van der Waals surface area contributed by atoms with Crippen LogP contribution in [0.1, 0.15) is 33.1 Å². The summed E-state index contributed by atoms with van der Waals surface area (Å²) in [7, 11) is 0. The van der Waals surface area contributed by atoms with E-state index in [0.29, 0.717) is 12.1 Å². The Kier molecular flexibility index (Phi) is 6.98. The van der Waals surface area contributed by atoms with Crippen LogP contribution < -0.4 is 5.32 Å². The van der Waals surface area contributed by atoms with Gasteiger partial charge in [0.15, 0.2) is 5.54 Å². The molecule has 1 aliphatic rings. The van der Waals surface area contributed by atoms with Gasteiger partial charge in [0.05, 0.1) is 6.54 Å². The third-order valence-corrected chi connectivity index (χ3v) is 6.91. The maximum atomic E-state index is 13.8. The Bertz CT molecular complexity index is 1330. The molecule has 0 aromatic heterocycles. The van der Waals surface area contributed by atoms with Crippen LogP contribution in [0.15, 0.2) is 120 Å². The smallest absolute Gasteiger partial charge is 0.353 e. The molecule has 180 valence electrons. The highest BCUT2D eigenvalue weighted by Crippen LogP contribution is 2.43. The summed E-state index contributed by atoms with van der Waals surface area (Å²) in [5.41, 5.74) is 1.92. The molecule has 1 aliphatic heterocycles. The predicted molar refractivity (Wildman–Crippen MR) is 142 cm³/mol. The summed E-state index contributed by atoms with van der Waals surface area (Å²) >= 11 is 3.51. The van der Waals surface area contributed by atoms with Gasteiger partial charge in [0.25, 0.3) is 5.91 Å². The van der Waals surface area contributed by atoms with E-state index in [-0.39, 0.29) is 12.3 Å². The minimum atomic E-state index is -1.35. The molecule has 0 bridgehead atoms. The third kappa shape index (κ3) is 4.96. The highest BCUT2D eigenvalue weighted by atomic mass is 79.9. The van der Waals surface area contributed by atoms with Gasteiger partial charge in [-0.3, -0.25) is 4.79 Å². The van der Waals surface area contributed by atoms with Gasteiger partial charge in [0.1, 0.15) is 6.04 Å². The predicted octanol–water partition coefficient (Wildman–Crippen LogP) is 5.88. The van der Waals surface area contributed by atoms with Crippen molar-refractivity contribution >= 4 is 27.8 Å². The number of carbonyl (C=O) groups excluding carboxylic acids is 2. The van der Waals surface area contributed by atoms with Crippen LogP contribution in [0.25, 0.3) is 0 Å². The Balaban J connectivity index is 1.62. The monoisotopic (exact) mass is 540 g/mol. The number of hydrogen-bond donors (Lipinski definition) is 1. The van der Waals surface area contributed by atoms with Crippen molar-refractivity contribution in [3.8, 4) is 0 Å². The second kappa shape index (κ2) is 10.5. The van der Waals surface area contributed by atoms with Gasteiger partial charge in [-0.25, -0.2) is 4.79 Å². The Morgan fingerprint density at radius 2 is 1.36 bits per heavy atom. The van der Waals surface area contributed by atoms with Crippen LogP contribution >= 0.6 is 15.9 Å². The molecule has 1 amide bonds. The van der Waals surface area contributed by atoms with Crippen LogP contribution in [0.2, 0.25) is 0 Å². The Labute approximate surface area is 218 Å². The Morgan fingerprint density at radius 1 is 0.806 bits per heavy atom. The summed E-state index contributed by atoms with van der Waals surface area (Å²) in [6, 6.07) is 35.7. The molecule has 1 saturated heterocycles. The zero-order chi connectivity index (χ0) is 25.0. The standard InChI is InChI=1S/C30H25BrN2O3/c31-26-18-16-24(17-19-26)27-30(20-22-10-4-1-5-11-22,32-28(34)25-14-8-3-9-15-25)29(35)36-33(27)21-23-12-6-2-7-13-23/h1-19,27H,20-21H2,(H,32,34)/t27-,30-/m0/s1. The summed E-state index contributed by atoms with van der Waals surface area (Å²) in [5.74, 6) is -0.813. The van der Waals surface area contributed by atoms with E-state index in [1.807, 2.05) is 91.0 Å². The van der Waals surface area contributed by atoms with Crippen molar-refractivity contribution in [2.45, 2.75) is 24.5 Å². The third-order valence-electron chi connectivity index (χ3n) is 6.38. The van der Waals surface area contributed by atoms with Crippen LogP contribution in [-0.2, 0) is 22.6 Å². The molecule has 6 heteroatoms. The summed E-state index contributed by atoms with van der Waals surface area (Å²) < 4.78 is 0.924. The number of nitrogens with one attached hydrogen (secondary N) is 1. The molecule has 36 heavy (non-hydrogen) atoms. The lowest BCUT2D eigenvalue weighted by atomic mass is 9.80. The lowest BCUT2D eigenvalue weighted by Gasteiger charge is -2.34. The quantitative estimate of drug-likeness (QED) is 0.318. The first-order valence-electron chi connectivity index (χ1n) is 11.7. The van der Waals surface area contributed by atoms with E-state index in [9.17, 15) is 9.59 Å². The van der Waals surface area contributed by atoms with E-state index in [1.54, 1.807) is 29.3 Å². The molecule has 0 saturated carbocycles. The molecule has 2 atom stereocenters. The van der Waals surface area contributed by atoms with Crippen LogP contribution in [-0.4, -0.2) is 22.5 Å². The van der Waals surface area contributed by atoms with Gasteiger partial charge in [-0.05, 0) is 41.0 Å². The summed E-state index contributed by atoms with van der Waals surface area (Å²) in [6.45, 7) is 0.380. The molecule has 0 radical (unpaired) electrons. The molecular formula is C30H25BrN2O3. The number of hydrogen-bond acceptors (Lipinski definition) is 4. The number of benzene rings is 4. The zero-order valence-electron chi connectivity index (χ0n) is 19.5. The molecule has 0 aliphatic carbocycles. The van der Waals surface area contributed by atoms with E-state index in [1.165, 1.54) is 0 Å². The molecule has 1 heterocycles. The van der Waals surface area contributed by atoms with Gasteiger partial charge in [0.2, 0.25) is 0 Å². The SMILES string of the molecule is O=C(N[C@]1(Cc2ccccc2)C(=O)ON(Cc2ccccc2)[C@H]1c1ccc(Br)cc1)c1ccccc1. The molecular weight excluding hydrogens is 516 g/mol. The topological polar surface area (TPSA) is 58.6 Å². The molecule has 4 aromatic rings. The summed E-state index contributed by atoms with van der Waals surface area (Å²) in [5, 5.41) is 4.81. The van der Waals surface area contributed by atoms with Gasteiger partial charge < -0.3 is 10.2 Å². The van der Waals surface area contributed by atoms with Crippen molar-refractivity contribution in [2.24, 2.45) is 0 Å². The highest BCUT2D eigenvalue weighted by molar-refractivity contribution is 9.10. The lowest BCUT2D eigenvalue weighted by Crippen LogP contribution is -2.57. The molecule has 1 fully saturated rings. The second-order valence-electron chi connectivity index (χ2n) is 8.85. The highest BCUT2D eigenvalue weighted by Gasteiger charge is 2.58. The van der Waals surface area contributed by atoms with E-state index in [0.717, 1.165) is 21.2 Å². The van der Waals surface area contributed by atoms with Crippen molar-refractivity contribution in [3.63, 3.8) is 0 Å². The van der Waals surface area contributed by atoms with Crippen molar-refractivity contribution in [1.29, 1.82) is 0 Å². The fourth-order valence-corrected chi connectivity index (χ4v) is 4.96. The average molecular weight is 541 g/mol. The molecule has 4 aromatic carbocycles. The van der Waals surface area contributed by atoms with E-state index < -0.39 is 17.6 Å². The van der Waals surface area contributed by atoms with Crippen LogP contribution in [0.5, 0.6) is 0 Å². The summed E-state index contributed by atoms with van der Waals surface area (Å²) in [4.78, 5) is 33.3. The fourth-order valence-electron chi connectivity index (χ4n) is 4.70. The van der Waals surface area contributed by atoms with Gasteiger partial charge in [0, 0.05) is 16.5 Å². The van der Waals surface area contributed by atoms with Gasteiger partial charge in [-0.2, -0.15) is 0 Å². The first kappa shape index (κ1) is 24.0. The molecule has 0 unspecified atom stereocenters. The van der Waals surface area contributed by atoms with Gasteiger partial charge >= 0.3 is 5.97 Å². The second-order valence-corrected chi connectivity index (χ2v) is 9.76. The number of hydroxylamine groups is 2. The number of rotatable bonds is 7. The minimum Gasteiger partial charge on any atom is -0.365 e. The lowest BCUT2D eigenvalue weighted by molar-refractivity contribution is -0.178. The maximum absolute atomic E-state index is 13.8. The molecule has 1 N–H and O–H groups in total. The van der Waals surface area contributed by atoms with Gasteiger partial charge in [-0.1, -0.05) is 107 Å². The number of amides is 1. The number of carbonyl (C=O) groups is 2. The average Bonchev–Trinajstić information content (AvgIpc) is 3.16. The normalized spacial score (nSPS) is 19.6. The zero-order valence-corrected chi connectivity index (χ0v) is 21.1. The van der Waals surface area contributed by atoms with E-state index >= 15 is 0 Å². The van der Waals surface area contributed by atoms with Crippen molar-refractivity contribution in [3.05, 3.63) is 142 Å².